The van der Waals surface area contributed by atoms with E-state index >= 15 is 0 Å². The molecular formula is HCeFeKMo. The second-order valence-corrected chi connectivity index (χ2v) is 0. The van der Waals surface area contributed by atoms with Crippen LogP contribution < -0.4 is 0 Å². The van der Waals surface area contributed by atoms with Crippen LogP contribution in [0.2, 0.25) is 0 Å². The first-order chi connectivity index (χ1) is 1.00. The molecule has 0 saturated carbocycles. The molecule has 0 aliphatic carbocycles. The normalized spacial score (nSPS) is 0.750. The Morgan fingerprint density at radius 2 is 1.25 bits per heavy atom. The van der Waals surface area contributed by atoms with Gasteiger partial charge in [-0.15, -0.1) is 0 Å². The summed E-state index contributed by atoms with van der Waals surface area (Å²) < 4.78 is 0. The van der Waals surface area contributed by atoms with Crippen molar-refractivity contribution in [2.45, 2.75) is 0 Å². The minimum atomic E-state index is 0. The Bertz CT molecular complexity index is 8.00. The van der Waals surface area contributed by atoms with Crippen LogP contribution in [0.1, 0.15) is 0 Å². The average Bonchev–Trinajstić information content (AvgIpc) is 1.00. The fraction of sp³-hybridized carbons (Fsp3) is 0. The van der Waals surface area contributed by atoms with Crippen molar-refractivity contribution in [3.63, 3.8) is 0 Å². The Hall–Kier alpha value is 4.22. The zero-order valence-electron chi connectivity index (χ0n) is 1.26. The van der Waals surface area contributed by atoms with Crippen LogP contribution in [-0.4, -0.2) is 51.4 Å². The molecule has 0 spiro atoms. The molecule has 0 bridgehead atoms. The van der Waals surface area contributed by atoms with E-state index in [1.807, 2.05) is 0 Å². The standard InChI is InChI=1S/Ce.Fe.K.Mo.H. The van der Waals surface area contributed by atoms with Crippen LogP contribution in [0.3, 0.4) is 0 Å². The van der Waals surface area contributed by atoms with Crippen molar-refractivity contribution in [2.24, 2.45) is 0 Å². The van der Waals surface area contributed by atoms with Crippen LogP contribution in [0.5, 0.6) is 0 Å². The van der Waals surface area contributed by atoms with Gasteiger partial charge < -0.3 is 0 Å². The Labute approximate surface area is 111 Å². The molecule has 0 aromatic rings. The summed E-state index contributed by atoms with van der Waals surface area (Å²) in [5.41, 5.74) is 0. The molecule has 0 aromatic heterocycles. The van der Waals surface area contributed by atoms with Gasteiger partial charge in [-0.1, -0.05) is 0 Å². The molecule has 0 radical (unpaired) electrons. The van der Waals surface area contributed by atoms with E-state index in [4.69, 9.17) is 0 Å². The van der Waals surface area contributed by atoms with Crippen molar-refractivity contribution in [1.29, 1.82) is 0 Å². The van der Waals surface area contributed by atoms with Crippen molar-refractivity contribution >= 4 is 51.4 Å². The summed E-state index contributed by atoms with van der Waals surface area (Å²) in [5, 5.41) is 0. The van der Waals surface area contributed by atoms with Crippen LogP contribution in [-0.2, 0) is 28.8 Å². The first kappa shape index (κ1) is 15.7. The van der Waals surface area contributed by atoms with E-state index in [9.17, 15) is 0 Å². The second-order valence-electron chi connectivity index (χ2n) is 0. The maximum atomic E-state index is 2.09. The molecule has 0 saturated heterocycles. The van der Waals surface area contributed by atoms with Crippen LogP contribution in [0.15, 0.2) is 0 Å². The molecule has 0 N–H and O–H groups in total. The predicted molar refractivity (Wildman–Crippen MR) is 7.15 cm³/mol. The monoisotopic (exact) mass is 334 g/mol. The van der Waals surface area contributed by atoms with Gasteiger partial charge in [0, 0.05) is 17.1 Å². The third kappa shape index (κ3) is 9.52. The van der Waals surface area contributed by atoms with E-state index in [1.54, 1.807) is 0 Å². The van der Waals surface area contributed by atoms with Gasteiger partial charge in [0.1, 0.15) is 0 Å². The molecule has 0 unspecified atom stereocenters. The summed E-state index contributed by atoms with van der Waals surface area (Å²) in [6.07, 6.45) is 0. The summed E-state index contributed by atoms with van der Waals surface area (Å²) in [6.45, 7) is 0. The molecule has 0 aliphatic heterocycles. The van der Waals surface area contributed by atoms with Gasteiger partial charge in [0.15, 0.2) is 0 Å². The van der Waals surface area contributed by atoms with E-state index in [0.717, 1.165) is 0 Å². The van der Waals surface area contributed by atoms with Gasteiger partial charge in [-0.3, -0.25) is 0 Å². The molecule has 0 fully saturated rings. The topological polar surface area (TPSA) is 0 Å². The molecule has 0 nitrogen and oxygen atoms in total. The first-order valence-corrected chi connectivity index (χ1v) is 8.79. The van der Waals surface area contributed by atoms with Crippen LogP contribution in [0.4, 0.5) is 0 Å². The molecule has 0 aliphatic rings. The van der Waals surface area contributed by atoms with Crippen molar-refractivity contribution in [1.82, 2.24) is 0 Å². The van der Waals surface area contributed by atoms with Gasteiger partial charge >= 0.3 is 98.3 Å². The summed E-state index contributed by atoms with van der Waals surface area (Å²) in [7, 11) is 0. The van der Waals surface area contributed by atoms with Crippen LogP contribution >= 0.6 is 0 Å². The predicted octanol–water partition coefficient (Wildman–Crippen LogP) is -0.653. The quantitative estimate of drug-likeness (QED) is 0.517. The molecule has 0 amide bonds. The number of hydrogen-bond donors (Lipinski definition) is 0. The van der Waals surface area contributed by atoms with Crippen molar-refractivity contribution in [2.75, 3.05) is 0 Å². The van der Waals surface area contributed by atoms with E-state index < -0.39 is 0 Å². The molecule has 4 heteroatoms. The molecule has 4 heavy (non-hydrogen) atoms. The van der Waals surface area contributed by atoms with Gasteiger partial charge in [-0.2, -0.15) is 0 Å². The van der Waals surface area contributed by atoms with E-state index in [0.29, 0.717) is 0 Å². The van der Waals surface area contributed by atoms with Crippen molar-refractivity contribution in [3.05, 3.63) is 0 Å². The zero-order chi connectivity index (χ0) is 2.00. The molecular weight excluding hydrogens is 331 g/mol. The van der Waals surface area contributed by atoms with Crippen LogP contribution in [0, 0.1) is 35.1 Å². The number of rotatable bonds is 0. The number of hydrogen-bond acceptors (Lipinski definition) is 0. The van der Waals surface area contributed by atoms with Gasteiger partial charge in [-0.05, 0) is 0 Å². The van der Waals surface area contributed by atoms with Crippen molar-refractivity contribution < 1.29 is 64.0 Å². The Morgan fingerprint density at radius 1 is 1.25 bits per heavy atom. The molecule has 0 aromatic carbocycles. The van der Waals surface area contributed by atoms with E-state index in [2.05, 4.69) is 11.8 Å². The SMILES string of the molecule is [Fe].[KH].[Mo][Ce]. The second kappa shape index (κ2) is 15.7. The zero-order valence-corrected chi connectivity index (χ0v) is 7.51. The Morgan fingerprint density at radius 3 is 1.25 bits per heavy atom. The van der Waals surface area contributed by atoms with E-state index in [1.165, 1.54) is 35.1 Å². The summed E-state index contributed by atoms with van der Waals surface area (Å²) in [5.74, 6) is 0. The molecule has 20 valence electrons. The Balaban J connectivity index is -0.00000000500. The van der Waals surface area contributed by atoms with Gasteiger partial charge in [-0.25, -0.2) is 0 Å². The average molecular weight is 332 g/mol. The van der Waals surface area contributed by atoms with Crippen LogP contribution in [0.25, 0.3) is 0 Å². The van der Waals surface area contributed by atoms with Gasteiger partial charge in [0.25, 0.3) is 0 Å². The summed E-state index contributed by atoms with van der Waals surface area (Å²) in [6, 6.07) is 0. The summed E-state index contributed by atoms with van der Waals surface area (Å²) >= 11 is 3.40. The van der Waals surface area contributed by atoms with Crippen molar-refractivity contribution in [3.8, 4) is 0 Å². The third-order valence-corrected chi connectivity index (χ3v) is 0. The summed E-state index contributed by atoms with van der Waals surface area (Å²) in [4.78, 5) is 0. The van der Waals surface area contributed by atoms with Gasteiger partial charge in [0.05, 0.1) is 0 Å². The third-order valence-electron chi connectivity index (χ3n) is 0. The van der Waals surface area contributed by atoms with E-state index in [-0.39, 0.29) is 68.5 Å². The maximum absolute atomic E-state index is 2.09. The fourth-order valence-corrected chi connectivity index (χ4v) is 0. The fourth-order valence-electron chi connectivity index (χ4n) is 0. The van der Waals surface area contributed by atoms with Gasteiger partial charge in [0.2, 0.25) is 0 Å². The minimum absolute atomic E-state index is 0. The molecule has 0 atom stereocenters. The molecule has 0 heterocycles. The molecule has 0 rings (SSSR count). The first-order valence-electron chi connectivity index (χ1n) is 0.204. The Kier molecular flexibility index (Phi) is 61.7.